The Kier molecular flexibility index (Phi) is 6.86. The maximum absolute atomic E-state index is 12.2. The largest absolute Gasteiger partial charge is 0.325 e. The molecule has 122 valence electrons. The predicted octanol–water partition coefficient (Wildman–Crippen LogP) is 3.02. The number of hydrogen-bond donors (Lipinski definition) is 2. The fraction of sp³-hybridized carbons (Fsp3) is 0.588. The number of rotatable bonds is 6. The molecule has 4 nitrogen and oxygen atoms in total. The Morgan fingerprint density at radius 1 is 1.36 bits per heavy atom. The topological polar surface area (TPSA) is 44.4 Å². The minimum atomic E-state index is 0.0758. The normalized spacial score (nSPS) is 16.7. The number of hydrogen-bond acceptors (Lipinski definition) is 3. The second-order valence-electron chi connectivity index (χ2n) is 6.04. The summed E-state index contributed by atoms with van der Waals surface area (Å²) in [5, 5.41) is 6.40. The summed E-state index contributed by atoms with van der Waals surface area (Å²) < 4.78 is 1.06. The average molecular weight is 368 g/mol. The van der Waals surface area contributed by atoms with E-state index in [1.54, 1.807) is 0 Å². The van der Waals surface area contributed by atoms with Crippen molar-refractivity contribution in [3.05, 3.63) is 28.2 Å². The third-order valence-corrected chi connectivity index (χ3v) is 5.09. The number of halogens is 1. The molecule has 0 aromatic heterocycles. The molecular weight excluding hydrogens is 342 g/mol. The molecule has 0 spiro atoms. The molecule has 1 amide bonds. The third-order valence-electron chi connectivity index (χ3n) is 4.20. The molecule has 0 aliphatic carbocycles. The Morgan fingerprint density at radius 2 is 2.09 bits per heavy atom. The van der Waals surface area contributed by atoms with E-state index in [0.29, 0.717) is 6.54 Å². The van der Waals surface area contributed by atoms with E-state index in [9.17, 15) is 4.79 Å². The molecule has 1 aliphatic heterocycles. The minimum absolute atomic E-state index is 0.0758. The summed E-state index contributed by atoms with van der Waals surface area (Å²) in [4.78, 5) is 14.4. The zero-order chi connectivity index (χ0) is 15.9. The van der Waals surface area contributed by atoms with Crippen molar-refractivity contribution in [3.63, 3.8) is 0 Å². The highest BCUT2D eigenvalue weighted by Crippen LogP contribution is 2.20. The Hall–Kier alpha value is -0.910. The molecule has 22 heavy (non-hydrogen) atoms. The first-order valence-corrected chi connectivity index (χ1v) is 8.87. The van der Waals surface area contributed by atoms with Gasteiger partial charge >= 0.3 is 0 Å². The number of piperidine rings is 1. The minimum Gasteiger partial charge on any atom is -0.325 e. The average Bonchev–Trinajstić information content (AvgIpc) is 2.50. The van der Waals surface area contributed by atoms with Crippen molar-refractivity contribution < 1.29 is 4.79 Å². The molecule has 1 aromatic carbocycles. The van der Waals surface area contributed by atoms with Gasteiger partial charge < -0.3 is 10.6 Å². The van der Waals surface area contributed by atoms with Crippen LogP contribution in [0.1, 0.15) is 25.3 Å². The lowest BCUT2D eigenvalue weighted by Gasteiger charge is -2.31. The first kappa shape index (κ1) is 17.4. The molecule has 0 unspecified atom stereocenters. The molecular formula is C17H26BrN3O. The number of amides is 1. The van der Waals surface area contributed by atoms with Crippen molar-refractivity contribution in [2.45, 2.75) is 26.7 Å². The zero-order valence-corrected chi connectivity index (χ0v) is 15.1. The summed E-state index contributed by atoms with van der Waals surface area (Å²) in [6.45, 7) is 8.83. The zero-order valence-electron chi connectivity index (χ0n) is 13.5. The van der Waals surface area contributed by atoms with E-state index in [4.69, 9.17) is 0 Å². The first-order chi connectivity index (χ1) is 10.6. The van der Waals surface area contributed by atoms with E-state index in [-0.39, 0.29) is 5.91 Å². The molecule has 1 fully saturated rings. The van der Waals surface area contributed by atoms with Crippen molar-refractivity contribution in [1.29, 1.82) is 0 Å². The van der Waals surface area contributed by atoms with Crippen LogP contribution in [0.25, 0.3) is 0 Å². The number of anilines is 1. The van der Waals surface area contributed by atoms with Crippen LogP contribution in [0, 0.1) is 12.8 Å². The predicted molar refractivity (Wildman–Crippen MR) is 95.2 cm³/mol. The van der Waals surface area contributed by atoms with Crippen LogP contribution in [0.2, 0.25) is 0 Å². The molecule has 5 heteroatoms. The number of likely N-dealkylation sites (tertiary alicyclic amines) is 1. The molecule has 1 aromatic rings. The van der Waals surface area contributed by atoms with Gasteiger partial charge in [-0.05, 0) is 75.6 Å². The molecule has 0 radical (unpaired) electrons. The molecule has 2 N–H and O–H groups in total. The summed E-state index contributed by atoms with van der Waals surface area (Å²) in [6.07, 6.45) is 2.36. The fourth-order valence-corrected chi connectivity index (χ4v) is 3.07. The van der Waals surface area contributed by atoms with Crippen molar-refractivity contribution in [2.75, 3.05) is 38.0 Å². The van der Waals surface area contributed by atoms with Gasteiger partial charge in [0.2, 0.25) is 5.91 Å². The number of nitrogens with zero attached hydrogens (tertiary/aromatic N) is 1. The summed E-state index contributed by atoms with van der Waals surface area (Å²) in [5.74, 6) is 0.834. The Balaban J connectivity index is 1.75. The number of carbonyl (C=O) groups excluding carboxylic acids is 1. The summed E-state index contributed by atoms with van der Waals surface area (Å²) in [7, 11) is 0. The lowest BCUT2D eigenvalue weighted by Crippen LogP contribution is -2.41. The maximum atomic E-state index is 12.2. The lowest BCUT2D eigenvalue weighted by atomic mass is 9.97. The molecule has 1 heterocycles. The number of benzene rings is 1. The molecule has 0 bridgehead atoms. The van der Waals surface area contributed by atoms with E-state index in [0.717, 1.165) is 47.8 Å². The summed E-state index contributed by atoms with van der Waals surface area (Å²) in [5.41, 5.74) is 2.00. The van der Waals surface area contributed by atoms with Crippen LogP contribution < -0.4 is 10.6 Å². The van der Waals surface area contributed by atoms with Gasteiger partial charge in [-0.25, -0.2) is 0 Å². The lowest BCUT2D eigenvalue weighted by molar-refractivity contribution is -0.117. The van der Waals surface area contributed by atoms with Gasteiger partial charge in [0.25, 0.3) is 0 Å². The van der Waals surface area contributed by atoms with Crippen LogP contribution >= 0.6 is 15.9 Å². The van der Waals surface area contributed by atoms with Crippen LogP contribution in [-0.4, -0.2) is 43.5 Å². The van der Waals surface area contributed by atoms with Gasteiger partial charge in [-0.1, -0.05) is 22.9 Å². The summed E-state index contributed by atoms with van der Waals surface area (Å²) in [6, 6.07) is 5.89. The Bertz CT molecular complexity index is 499. The van der Waals surface area contributed by atoms with Crippen LogP contribution in [0.5, 0.6) is 0 Å². The van der Waals surface area contributed by atoms with Crippen molar-refractivity contribution in [1.82, 2.24) is 10.2 Å². The van der Waals surface area contributed by atoms with Gasteiger partial charge in [-0.15, -0.1) is 0 Å². The molecule has 0 saturated carbocycles. The maximum Gasteiger partial charge on any atom is 0.238 e. The standard InChI is InChI=1S/C17H26BrN3O/c1-3-19-11-14-6-8-21(9-7-14)12-17(22)20-15-4-5-16(18)13(2)10-15/h4-5,10,14,19H,3,6-9,11-12H2,1-2H3,(H,20,22). The van der Waals surface area contributed by atoms with Crippen molar-refractivity contribution in [3.8, 4) is 0 Å². The second-order valence-corrected chi connectivity index (χ2v) is 6.89. The van der Waals surface area contributed by atoms with Crippen molar-refractivity contribution >= 4 is 27.5 Å². The van der Waals surface area contributed by atoms with E-state index < -0.39 is 0 Å². The molecule has 0 atom stereocenters. The van der Waals surface area contributed by atoms with E-state index >= 15 is 0 Å². The van der Waals surface area contributed by atoms with Crippen LogP contribution in [-0.2, 0) is 4.79 Å². The van der Waals surface area contributed by atoms with Gasteiger partial charge in [0.1, 0.15) is 0 Å². The Labute approximate surface area is 141 Å². The highest BCUT2D eigenvalue weighted by molar-refractivity contribution is 9.10. The van der Waals surface area contributed by atoms with Crippen LogP contribution in [0.15, 0.2) is 22.7 Å². The second kappa shape index (κ2) is 8.65. The third kappa shape index (κ3) is 5.38. The van der Waals surface area contributed by atoms with E-state index in [1.807, 2.05) is 25.1 Å². The van der Waals surface area contributed by atoms with Gasteiger partial charge in [0.15, 0.2) is 0 Å². The fourth-order valence-electron chi connectivity index (χ4n) is 2.82. The van der Waals surface area contributed by atoms with Gasteiger partial charge in [0, 0.05) is 10.2 Å². The number of aryl methyl sites for hydroxylation is 1. The number of nitrogens with one attached hydrogen (secondary N) is 2. The smallest absolute Gasteiger partial charge is 0.238 e. The van der Waals surface area contributed by atoms with Gasteiger partial charge in [-0.3, -0.25) is 9.69 Å². The highest BCUT2D eigenvalue weighted by Gasteiger charge is 2.20. The molecule has 2 rings (SSSR count). The van der Waals surface area contributed by atoms with Crippen LogP contribution in [0.3, 0.4) is 0 Å². The quantitative estimate of drug-likeness (QED) is 0.811. The summed E-state index contributed by atoms with van der Waals surface area (Å²) >= 11 is 3.47. The number of carbonyl (C=O) groups is 1. The van der Waals surface area contributed by atoms with E-state index in [2.05, 4.69) is 38.4 Å². The van der Waals surface area contributed by atoms with Crippen molar-refractivity contribution in [2.24, 2.45) is 5.92 Å². The molecule has 1 aliphatic rings. The first-order valence-electron chi connectivity index (χ1n) is 8.07. The highest BCUT2D eigenvalue weighted by atomic mass is 79.9. The SMILES string of the molecule is CCNCC1CCN(CC(=O)Nc2ccc(Br)c(C)c2)CC1. The molecule has 1 saturated heterocycles. The Morgan fingerprint density at radius 3 is 2.73 bits per heavy atom. The van der Waals surface area contributed by atoms with E-state index in [1.165, 1.54) is 12.8 Å². The van der Waals surface area contributed by atoms with Crippen LogP contribution in [0.4, 0.5) is 5.69 Å². The monoisotopic (exact) mass is 367 g/mol. The van der Waals surface area contributed by atoms with Gasteiger partial charge in [-0.2, -0.15) is 0 Å². The van der Waals surface area contributed by atoms with Gasteiger partial charge in [0.05, 0.1) is 6.54 Å².